The van der Waals surface area contributed by atoms with Crippen molar-refractivity contribution in [2.24, 2.45) is 5.92 Å². The number of esters is 1. The summed E-state index contributed by atoms with van der Waals surface area (Å²) in [5.41, 5.74) is 0. The maximum Gasteiger partial charge on any atom is 0.310 e. The lowest BCUT2D eigenvalue weighted by Crippen LogP contribution is -2.47. The largest absolute Gasteiger partial charge is 0.481 e. The van der Waals surface area contributed by atoms with Gasteiger partial charge in [0.2, 0.25) is 0 Å². The fourth-order valence-corrected chi connectivity index (χ4v) is 3.35. The van der Waals surface area contributed by atoms with Gasteiger partial charge in [-0.3, -0.25) is 9.59 Å². The van der Waals surface area contributed by atoms with Gasteiger partial charge in [-0.15, -0.1) is 0 Å². The van der Waals surface area contributed by atoms with Crippen LogP contribution in [0.1, 0.15) is 34.1 Å². The van der Waals surface area contributed by atoms with Crippen LogP contribution in [-0.2, 0) is 18.8 Å². The van der Waals surface area contributed by atoms with Gasteiger partial charge in [-0.25, -0.2) is 0 Å². The Morgan fingerprint density at radius 1 is 1.47 bits per heavy atom. The number of aliphatic carboxylic acids is 1. The molecule has 0 aliphatic carbocycles. The summed E-state index contributed by atoms with van der Waals surface area (Å²) >= 11 is 0. The maximum absolute atomic E-state index is 11.3. The number of carbonyl (C=O) groups is 2. The molecule has 0 spiro atoms. The Hall–Kier alpha value is -0.883. The van der Waals surface area contributed by atoms with Gasteiger partial charge in [0.15, 0.2) is 8.32 Å². The number of carboxylic acid groups (broad SMARTS) is 1. The van der Waals surface area contributed by atoms with Gasteiger partial charge in [0.05, 0.1) is 12.5 Å². The van der Waals surface area contributed by atoms with Crippen molar-refractivity contribution in [2.75, 3.05) is 0 Å². The van der Waals surface area contributed by atoms with Crippen LogP contribution in [-0.4, -0.2) is 37.6 Å². The molecule has 19 heavy (non-hydrogen) atoms. The van der Waals surface area contributed by atoms with Crippen molar-refractivity contribution in [3.05, 3.63) is 0 Å². The Kier molecular flexibility index (Phi) is 4.46. The van der Waals surface area contributed by atoms with Gasteiger partial charge in [0.25, 0.3) is 0 Å². The van der Waals surface area contributed by atoms with E-state index in [1.807, 2.05) is 0 Å². The van der Waals surface area contributed by atoms with Crippen molar-refractivity contribution >= 4 is 20.3 Å². The second-order valence-electron chi connectivity index (χ2n) is 6.69. The number of hydrogen-bond acceptors (Lipinski definition) is 4. The zero-order valence-corrected chi connectivity index (χ0v) is 13.5. The lowest BCUT2D eigenvalue weighted by Gasteiger charge is -2.39. The summed E-state index contributed by atoms with van der Waals surface area (Å²) in [6, 6.07) is 0. The van der Waals surface area contributed by atoms with Crippen LogP contribution < -0.4 is 0 Å². The van der Waals surface area contributed by atoms with E-state index in [2.05, 4.69) is 33.9 Å². The first-order valence-corrected chi connectivity index (χ1v) is 9.46. The molecule has 0 amide bonds. The number of carboxylic acids is 1. The predicted molar refractivity (Wildman–Crippen MR) is 73.4 cm³/mol. The van der Waals surface area contributed by atoms with Gasteiger partial charge in [-0.05, 0) is 25.1 Å². The fraction of sp³-hybridized carbons (Fsp3) is 0.846. The Morgan fingerprint density at radius 2 is 2.00 bits per heavy atom. The highest BCUT2D eigenvalue weighted by Crippen LogP contribution is 2.39. The van der Waals surface area contributed by atoms with E-state index in [4.69, 9.17) is 14.3 Å². The van der Waals surface area contributed by atoms with Crippen LogP contribution in [0, 0.1) is 5.92 Å². The first kappa shape index (κ1) is 16.2. The van der Waals surface area contributed by atoms with Crippen LogP contribution in [0.15, 0.2) is 0 Å². The number of carbonyl (C=O) groups excluding carboxylic acids is 1. The van der Waals surface area contributed by atoms with E-state index in [1.165, 1.54) is 0 Å². The molecule has 3 atom stereocenters. The third-order valence-electron chi connectivity index (χ3n) is 4.12. The average Bonchev–Trinajstić information content (AvgIpc) is 2.58. The predicted octanol–water partition coefficient (Wildman–Crippen LogP) is 2.41. The smallest absolute Gasteiger partial charge is 0.310 e. The monoisotopic (exact) mass is 288 g/mol. The summed E-state index contributed by atoms with van der Waals surface area (Å²) in [5.74, 6) is -2.25. The Bertz CT molecular complexity index is 372. The fourth-order valence-electron chi connectivity index (χ4n) is 1.94. The number of ether oxygens (including phenoxy) is 1. The van der Waals surface area contributed by atoms with Crippen LogP contribution in [0.2, 0.25) is 18.1 Å². The van der Waals surface area contributed by atoms with Crippen molar-refractivity contribution in [1.82, 2.24) is 0 Å². The normalized spacial score (nSPS) is 26.1. The molecule has 1 heterocycles. The lowest BCUT2D eigenvalue weighted by molar-refractivity contribution is -0.148. The Morgan fingerprint density at radius 3 is 2.42 bits per heavy atom. The topological polar surface area (TPSA) is 72.8 Å². The molecule has 0 aromatic rings. The lowest BCUT2D eigenvalue weighted by atomic mass is 9.98. The van der Waals surface area contributed by atoms with E-state index in [-0.39, 0.29) is 11.5 Å². The maximum atomic E-state index is 11.3. The average molecular weight is 288 g/mol. The number of rotatable bonds is 4. The minimum Gasteiger partial charge on any atom is -0.481 e. The molecule has 0 saturated carbocycles. The van der Waals surface area contributed by atoms with Gasteiger partial charge in [-0.1, -0.05) is 20.8 Å². The Balaban J connectivity index is 2.80. The molecule has 0 unspecified atom stereocenters. The quantitative estimate of drug-likeness (QED) is 0.635. The van der Waals surface area contributed by atoms with Crippen molar-refractivity contribution in [3.8, 4) is 0 Å². The van der Waals surface area contributed by atoms with Crippen molar-refractivity contribution in [3.63, 3.8) is 0 Å². The standard InChI is InChI=1S/C13H24O5Si/c1-8(18-19(5,6)13(2,3)4)11-9(12(15)16)7-10(14)17-11/h8-9,11H,7H2,1-6H3,(H,15,16)/t8-,9-,11+/m1/s1. The van der Waals surface area contributed by atoms with Crippen LogP contribution >= 0.6 is 0 Å². The second-order valence-corrected chi connectivity index (χ2v) is 11.4. The molecule has 0 radical (unpaired) electrons. The van der Waals surface area contributed by atoms with Crippen molar-refractivity contribution < 1.29 is 23.9 Å². The van der Waals surface area contributed by atoms with Gasteiger partial charge in [0.1, 0.15) is 12.0 Å². The number of hydrogen-bond donors (Lipinski definition) is 1. The van der Waals surface area contributed by atoms with Crippen LogP contribution in [0.5, 0.6) is 0 Å². The van der Waals surface area contributed by atoms with E-state index >= 15 is 0 Å². The summed E-state index contributed by atoms with van der Waals surface area (Å²) in [4.78, 5) is 22.5. The summed E-state index contributed by atoms with van der Waals surface area (Å²) in [7, 11) is -2.01. The first-order chi connectivity index (χ1) is 8.45. The third-order valence-corrected chi connectivity index (χ3v) is 8.69. The van der Waals surface area contributed by atoms with Crippen LogP contribution in [0.3, 0.4) is 0 Å². The SMILES string of the molecule is C[C@@H](O[Si](C)(C)C(C)(C)C)[C@@H]1OC(=O)C[C@H]1C(=O)O. The molecule has 110 valence electrons. The van der Waals surface area contributed by atoms with Crippen molar-refractivity contribution in [2.45, 2.75) is 64.5 Å². The third kappa shape index (κ3) is 3.57. The molecule has 1 N–H and O–H groups in total. The highest BCUT2D eigenvalue weighted by molar-refractivity contribution is 6.74. The highest BCUT2D eigenvalue weighted by atomic mass is 28.4. The van der Waals surface area contributed by atoms with Gasteiger partial charge in [-0.2, -0.15) is 0 Å². The molecule has 1 aliphatic heterocycles. The van der Waals surface area contributed by atoms with Crippen molar-refractivity contribution in [1.29, 1.82) is 0 Å². The molecule has 1 saturated heterocycles. The summed E-state index contributed by atoms with van der Waals surface area (Å²) in [6.45, 7) is 12.3. The zero-order valence-electron chi connectivity index (χ0n) is 12.5. The number of cyclic esters (lactones) is 1. The highest BCUT2D eigenvalue weighted by Gasteiger charge is 2.47. The molecular weight excluding hydrogens is 264 g/mol. The van der Waals surface area contributed by atoms with E-state index < -0.39 is 38.4 Å². The zero-order chi connectivity index (χ0) is 15.0. The van der Waals surface area contributed by atoms with Gasteiger partial charge >= 0.3 is 11.9 Å². The minimum atomic E-state index is -2.01. The van der Waals surface area contributed by atoms with Crippen LogP contribution in [0.4, 0.5) is 0 Å². The van der Waals surface area contributed by atoms with E-state index in [0.29, 0.717) is 0 Å². The Labute approximate surface area is 115 Å². The first-order valence-electron chi connectivity index (χ1n) is 6.56. The summed E-state index contributed by atoms with van der Waals surface area (Å²) in [5, 5.41) is 9.16. The van der Waals surface area contributed by atoms with E-state index in [9.17, 15) is 9.59 Å². The van der Waals surface area contributed by atoms with Crippen LogP contribution in [0.25, 0.3) is 0 Å². The molecule has 0 aromatic heterocycles. The molecule has 0 aromatic carbocycles. The summed E-state index contributed by atoms with van der Waals surface area (Å²) < 4.78 is 11.2. The minimum absolute atomic E-state index is 0.0304. The van der Waals surface area contributed by atoms with Gasteiger partial charge in [0, 0.05) is 0 Å². The molecular formula is C13H24O5Si. The van der Waals surface area contributed by atoms with E-state index in [1.54, 1.807) is 6.92 Å². The van der Waals surface area contributed by atoms with E-state index in [0.717, 1.165) is 0 Å². The molecule has 5 nitrogen and oxygen atoms in total. The molecule has 1 fully saturated rings. The summed E-state index contributed by atoms with van der Waals surface area (Å²) in [6.07, 6.45) is -1.14. The molecule has 6 heteroatoms. The molecule has 1 rings (SSSR count). The molecule has 0 bridgehead atoms. The van der Waals surface area contributed by atoms with Gasteiger partial charge < -0.3 is 14.3 Å². The second kappa shape index (κ2) is 5.24. The molecule has 1 aliphatic rings.